The van der Waals surface area contributed by atoms with Gasteiger partial charge in [0.15, 0.2) is 6.29 Å². The molecule has 49 heavy (non-hydrogen) atoms. The smallest absolute Gasteiger partial charge is 0.309 e. The number of carboxylic acids is 1. The van der Waals surface area contributed by atoms with Crippen LogP contribution in [0.15, 0.2) is 11.1 Å². The van der Waals surface area contributed by atoms with Crippen molar-refractivity contribution < 1.29 is 54.1 Å². The molecule has 11 nitrogen and oxygen atoms in total. The van der Waals surface area contributed by atoms with Crippen molar-refractivity contribution in [3.05, 3.63) is 11.1 Å². The van der Waals surface area contributed by atoms with Crippen LogP contribution in [0.5, 0.6) is 0 Å². The molecule has 3 fully saturated rings. The number of rotatable bonds is 8. The molecule has 0 spiro atoms. The first-order valence-electron chi connectivity index (χ1n) is 18.2. The number of aliphatic hydroxyl groups is 4. The van der Waals surface area contributed by atoms with Gasteiger partial charge in [-0.05, 0) is 94.8 Å². The van der Waals surface area contributed by atoms with Crippen molar-refractivity contribution in [1.29, 1.82) is 0 Å². The van der Waals surface area contributed by atoms with Crippen LogP contribution in [0.2, 0.25) is 0 Å². The van der Waals surface area contributed by atoms with Crippen LogP contribution in [0.4, 0.5) is 0 Å². The number of carbonyl (C=O) groups is 3. The molecule has 11 heteroatoms. The zero-order valence-corrected chi connectivity index (χ0v) is 30.9. The van der Waals surface area contributed by atoms with E-state index in [1.165, 1.54) is 25.0 Å². The zero-order valence-electron chi connectivity index (χ0n) is 30.9. The molecule has 0 unspecified atom stereocenters. The van der Waals surface area contributed by atoms with Crippen LogP contribution in [0.25, 0.3) is 0 Å². The summed E-state index contributed by atoms with van der Waals surface area (Å²) in [6.45, 7) is 16.7. The second kappa shape index (κ2) is 12.6. The number of hydrogen-bond donors (Lipinski definition) is 5. The van der Waals surface area contributed by atoms with Gasteiger partial charge in [-0.1, -0.05) is 45.8 Å². The predicted molar refractivity (Wildman–Crippen MR) is 179 cm³/mol. The van der Waals surface area contributed by atoms with E-state index in [0.29, 0.717) is 25.7 Å². The summed E-state index contributed by atoms with van der Waals surface area (Å²) >= 11 is 0. The maximum absolute atomic E-state index is 13.3. The average Bonchev–Trinajstić information content (AvgIpc) is 3.22. The molecule has 5 N–H and O–H groups in total. The third-order valence-corrected chi connectivity index (χ3v) is 14.1. The zero-order chi connectivity index (χ0) is 36.7. The molecule has 4 aliphatic carbocycles. The van der Waals surface area contributed by atoms with Crippen LogP contribution in [0, 0.1) is 39.4 Å². The number of hydrogen-bond acceptors (Lipinski definition) is 10. The molecule has 0 bridgehead atoms. The molecule has 0 aromatic rings. The van der Waals surface area contributed by atoms with Crippen LogP contribution in [0.1, 0.15) is 127 Å². The molecule has 12 atom stereocenters. The lowest BCUT2D eigenvalue weighted by atomic mass is 9.42. The second-order valence-corrected chi connectivity index (χ2v) is 18.2. The first-order chi connectivity index (χ1) is 22.4. The Morgan fingerprint density at radius 1 is 0.918 bits per heavy atom. The van der Waals surface area contributed by atoms with Gasteiger partial charge in [-0.3, -0.25) is 14.4 Å². The summed E-state index contributed by atoms with van der Waals surface area (Å²) in [5.74, 6) is -2.62. The Labute approximate surface area is 290 Å². The van der Waals surface area contributed by atoms with E-state index >= 15 is 0 Å². The molecule has 0 amide bonds. The fraction of sp³-hybridized carbons (Fsp3) is 0.868. The van der Waals surface area contributed by atoms with Gasteiger partial charge in [-0.25, -0.2) is 0 Å². The van der Waals surface area contributed by atoms with Crippen LogP contribution < -0.4 is 0 Å². The molecule has 278 valence electrons. The number of aliphatic hydroxyl groups excluding tert-OH is 2. The van der Waals surface area contributed by atoms with Crippen LogP contribution in [0.3, 0.4) is 0 Å². The molecule has 5 aliphatic rings. The Kier molecular flexibility index (Phi) is 9.79. The number of esters is 2. The Bertz CT molecular complexity index is 1360. The fourth-order valence-electron chi connectivity index (χ4n) is 11.7. The van der Waals surface area contributed by atoms with E-state index < -0.39 is 88.9 Å². The van der Waals surface area contributed by atoms with Gasteiger partial charge >= 0.3 is 17.9 Å². The highest BCUT2D eigenvalue weighted by molar-refractivity contribution is 5.74. The standard InChI is InChI=1S/C38H60O11/c1-20(39)47-31-25(48-30(43)19-35(6,46)18-29(41)42)17-36(7)24-16-27(40)38(9)22(21-10-13-28(34(4,5)45)49-32(21)44)14-15-37(38,8)23(24)11-12-26(36)33(31,2)3/h21-22,25-28,31-32,40,44-46H,10-19H2,1-9H3,(H,41,42)/t21-,22-,25+,26-,27-,28+,31-,32-,35-,36+,37-,38-/m0/s1. The summed E-state index contributed by atoms with van der Waals surface area (Å²) in [7, 11) is 0. The number of fused-ring (bicyclic) bond motifs is 4. The van der Waals surface area contributed by atoms with Crippen molar-refractivity contribution in [2.45, 2.75) is 168 Å². The van der Waals surface area contributed by atoms with Gasteiger partial charge in [0.2, 0.25) is 0 Å². The maximum atomic E-state index is 13.3. The molecule has 2 saturated carbocycles. The van der Waals surface area contributed by atoms with Crippen LogP contribution in [-0.4, -0.2) is 85.3 Å². The Balaban J connectivity index is 1.49. The van der Waals surface area contributed by atoms with E-state index in [1.54, 1.807) is 13.8 Å². The van der Waals surface area contributed by atoms with E-state index in [0.717, 1.165) is 25.7 Å². The highest BCUT2D eigenvalue weighted by atomic mass is 16.6. The highest BCUT2D eigenvalue weighted by Gasteiger charge is 2.68. The average molecular weight is 693 g/mol. The predicted octanol–water partition coefficient (Wildman–Crippen LogP) is 4.66. The maximum Gasteiger partial charge on any atom is 0.309 e. The van der Waals surface area contributed by atoms with Crippen molar-refractivity contribution in [2.24, 2.45) is 39.4 Å². The highest BCUT2D eigenvalue weighted by Crippen LogP contribution is 2.73. The third-order valence-electron chi connectivity index (χ3n) is 14.1. The lowest BCUT2D eigenvalue weighted by Gasteiger charge is -2.64. The molecular weight excluding hydrogens is 632 g/mol. The first kappa shape index (κ1) is 38.2. The lowest BCUT2D eigenvalue weighted by molar-refractivity contribution is -0.251. The second-order valence-electron chi connectivity index (χ2n) is 18.2. The topological polar surface area (TPSA) is 180 Å². The van der Waals surface area contributed by atoms with Crippen molar-refractivity contribution >= 4 is 17.9 Å². The minimum absolute atomic E-state index is 0.00766. The van der Waals surface area contributed by atoms with Crippen molar-refractivity contribution in [3.63, 3.8) is 0 Å². The van der Waals surface area contributed by atoms with E-state index in [-0.39, 0.29) is 23.2 Å². The SMILES string of the molecule is CC(=O)O[C@H]1[C@H](OC(=O)C[C@@](C)(O)CC(=O)O)C[C@]2(C)C3=C(CC[C@H]2C1(C)C)[C@]1(C)CC[C@@H]([C@@H]2CC[C@H](C(C)(C)O)O[C@@H]2O)[C@@]1(C)[C@@H](O)C3. The lowest BCUT2D eigenvalue weighted by Crippen LogP contribution is -2.63. The summed E-state index contributed by atoms with van der Waals surface area (Å²) in [6.07, 6.45) is 0.462. The Morgan fingerprint density at radius 2 is 1.57 bits per heavy atom. The fourth-order valence-corrected chi connectivity index (χ4v) is 11.7. The monoisotopic (exact) mass is 692 g/mol. The summed E-state index contributed by atoms with van der Waals surface area (Å²) in [5.41, 5.74) is -2.40. The summed E-state index contributed by atoms with van der Waals surface area (Å²) < 4.78 is 17.9. The number of carbonyl (C=O) groups excluding carboxylic acids is 2. The number of carboxylic acid groups (broad SMARTS) is 1. The van der Waals surface area contributed by atoms with Gasteiger partial charge < -0.3 is 39.7 Å². The van der Waals surface area contributed by atoms with Crippen molar-refractivity contribution in [2.75, 3.05) is 0 Å². The van der Waals surface area contributed by atoms with Crippen LogP contribution in [-0.2, 0) is 28.6 Å². The van der Waals surface area contributed by atoms with E-state index in [9.17, 15) is 39.9 Å². The number of ether oxygens (including phenoxy) is 3. The summed E-state index contributed by atoms with van der Waals surface area (Å²) in [6, 6.07) is 0. The van der Waals surface area contributed by atoms with Crippen LogP contribution >= 0.6 is 0 Å². The largest absolute Gasteiger partial charge is 0.481 e. The van der Waals surface area contributed by atoms with Crippen molar-refractivity contribution in [3.8, 4) is 0 Å². The molecule has 5 rings (SSSR count). The Hall–Kier alpha value is -2.05. The first-order valence-corrected chi connectivity index (χ1v) is 18.2. The molecule has 1 aliphatic heterocycles. The molecule has 0 aromatic carbocycles. The van der Waals surface area contributed by atoms with Crippen molar-refractivity contribution in [1.82, 2.24) is 0 Å². The summed E-state index contributed by atoms with van der Waals surface area (Å²) in [4.78, 5) is 36.9. The number of aliphatic carboxylic acids is 1. The third kappa shape index (κ3) is 6.38. The van der Waals surface area contributed by atoms with Gasteiger partial charge in [-0.2, -0.15) is 0 Å². The minimum atomic E-state index is -1.81. The van der Waals surface area contributed by atoms with E-state index in [4.69, 9.17) is 14.2 Å². The van der Waals surface area contributed by atoms with E-state index in [2.05, 4.69) is 20.8 Å². The van der Waals surface area contributed by atoms with Gasteiger partial charge in [0.1, 0.15) is 12.2 Å². The Morgan fingerprint density at radius 3 is 2.14 bits per heavy atom. The summed E-state index contributed by atoms with van der Waals surface area (Å²) in [5, 5.41) is 54.0. The van der Waals surface area contributed by atoms with Gasteiger partial charge in [0.25, 0.3) is 0 Å². The molecule has 1 heterocycles. The molecule has 0 aromatic heterocycles. The normalized spacial score (nSPS) is 43.0. The molecule has 0 radical (unpaired) electrons. The van der Waals surface area contributed by atoms with E-state index in [1.807, 2.05) is 13.8 Å². The quantitative estimate of drug-likeness (QED) is 0.176. The molecule has 1 saturated heterocycles. The molecular formula is C38H60O11. The minimum Gasteiger partial charge on any atom is -0.481 e. The van der Waals surface area contributed by atoms with Gasteiger partial charge in [-0.15, -0.1) is 0 Å². The number of allylic oxidation sites excluding steroid dienone is 1. The van der Waals surface area contributed by atoms with Gasteiger partial charge in [0, 0.05) is 23.7 Å². The van der Waals surface area contributed by atoms with Gasteiger partial charge in [0.05, 0.1) is 36.3 Å².